The van der Waals surface area contributed by atoms with Gasteiger partial charge in [-0.2, -0.15) is 0 Å². The Morgan fingerprint density at radius 2 is 0.594 bits per heavy atom. The first-order valence-electron chi connectivity index (χ1n) is 24.4. The number of hydrogen-bond acceptors (Lipinski definition) is 16. The van der Waals surface area contributed by atoms with E-state index < -0.39 is 11.7 Å². The molecular formula is C47H93NO16. The smallest absolute Gasteiger partial charge is 0.407 e. The SMILES string of the molecule is CCCCCCCCCCCCCCCC(=O)OCCOCCOCCOCCOCCOCCOCCOCCOCCOCCOCCOCCOCCNC(=O)OC(C)(C)C. The van der Waals surface area contributed by atoms with Crippen LogP contribution in [-0.2, 0) is 71.1 Å². The summed E-state index contributed by atoms with van der Waals surface area (Å²) in [4.78, 5) is 23.4. The number of amides is 1. The second-order valence-electron chi connectivity index (χ2n) is 16.0. The summed E-state index contributed by atoms with van der Waals surface area (Å²) >= 11 is 0. The molecule has 0 aromatic rings. The van der Waals surface area contributed by atoms with Gasteiger partial charge in [-0.1, -0.05) is 84.0 Å². The molecule has 0 aliphatic heterocycles. The molecule has 0 radical (unpaired) electrons. The summed E-state index contributed by atoms with van der Waals surface area (Å²) in [6.45, 7) is 19.6. The highest BCUT2D eigenvalue weighted by molar-refractivity contribution is 5.69. The molecule has 0 fully saturated rings. The second-order valence-corrected chi connectivity index (χ2v) is 16.0. The van der Waals surface area contributed by atoms with Gasteiger partial charge in [-0.3, -0.25) is 4.79 Å². The minimum atomic E-state index is -0.516. The zero-order chi connectivity index (χ0) is 46.5. The van der Waals surface area contributed by atoms with Crippen molar-refractivity contribution < 1.29 is 75.9 Å². The van der Waals surface area contributed by atoms with E-state index in [0.29, 0.717) is 172 Å². The first-order valence-corrected chi connectivity index (χ1v) is 24.4. The molecule has 0 atom stereocenters. The van der Waals surface area contributed by atoms with Crippen molar-refractivity contribution in [3.63, 3.8) is 0 Å². The molecule has 17 heteroatoms. The highest BCUT2D eigenvalue weighted by Crippen LogP contribution is 2.13. The minimum Gasteiger partial charge on any atom is -0.463 e. The van der Waals surface area contributed by atoms with E-state index in [2.05, 4.69) is 12.2 Å². The van der Waals surface area contributed by atoms with Crippen molar-refractivity contribution in [2.75, 3.05) is 172 Å². The lowest BCUT2D eigenvalue weighted by atomic mass is 10.0. The lowest BCUT2D eigenvalue weighted by molar-refractivity contribution is -0.145. The van der Waals surface area contributed by atoms with E-state index in [1.165, 1.54) is 70.6 Å². The molecule has 0 saturated heterocycles. The van der Waals surface area contributed by atoms with E-state index in [1.807, 2.05) is 20.8 Å². The average Bonchev–Trinajstić information content (AvgIpc) is 3.26. The maximum Gasteiger partial charge on any atom is 0.407 e. The van der Waals surface area contributed by atoms with Gasteiger partial charge in [0, 0.05) is 13.0 Å². The average molecular weight is 928 g/mol. The Kier molecular flexibility index (Phi) is 50.8. The number of unbranched alkanes of at least 4 members (excludes halogenated alkanes) is 12. The summed E-state index contributed by atoms with van der Waals surface area (Å²) in [6.07, 6.45) is 16.8. The first-order chi connectivity index (χ1) is 31.3. The normalized spacial score (nSPS) is 11.7. The Bertz CT molecular complexity index is 945. The highest BCUT2D eigenvalue weighted by Gasteiger charge is 2.15. The molecule has 17 nitrogen and oxygen atoms in total. The van der Waals surface area contributed by atoms with Crippen molar-refractivity contribution in [3.05, 3.63) is 0 Å². The molecule has 0 spiro atoms. The summed E-state index contributed by atoms with van der Waals surface area (Å²) < 4.78 is 76.2. The molecular weight excluding hydrogens is 835 g/mol. The number of alkyl carbamates (subject to hydrolysis) is 1. The number of hydrogen-bond donors (Lipinski definition) is 1. The molecule has 0 heterocycles. The molecule has 1 amide bonds. The van der Waals surface area contributed by atoms with Crippen LogP contribution in [0.4, 0.5) is 4.79 Å². The van der Waals surface area contributed by atoms with Gasteiger partial charge in [-0.15, -0.1) is 0 Å². The van der Waals surface area contributed by atoms with Crippen molar-refractivity contribution in [3.8, 4) is 0 Å². The summed E-state index contributed by atoms with van der Waals surface area (Å²) in [5.41, 5.74) is -0.516. The van der Waals surface area contributed by atoms with E-state index >= 15 is 0 Å². The minimum absolute atomic E-state index is 0.136. The fourth-order valence-electron chi connectivity index (χ4n) is 5.63. The van der Waals surface area contributed by atoms with Crippen LogP contribution < -0.4 is 5.32 Å². The lowest BCUT2D eigenvalue weighted by Gasteiger charge is -2.19. The summed E-state index contributed by atoms with van der Waals surface area (Å²) in [6, 6.07) is 0. The molecule has 0 aromatic carbocycles. The van der Waals surface area contributed by atoms with Gasteiger partial charge in [0.05, 0.1) is 159 Å². The van der Waals surface area contributed by atoms with E-state index in [9.17, 15) is 9.59 Å². The van der Waals surface area contributed by atoms with Gasteiger partial charge < -0.3 is 71.6 Å². The van der Waals surface area contributed by atoms with Crippen LogP contribution >= 0.6 is 0 Å². The van der Waals surface area contributed by atoms with Crippen LogP contribution in [0.1, 0.15) is 118 Å². The quantitative estimate of drug-likeness (QED) is 0.0501. The predicted molar refractivity (Wildman–Crippen MR) is 245 cm³/mol. The van der Waals surface area contributed by atoms with Gasteiger partial charge >= 0.3 is 12.1 Å². The number of carbonyl (C=O) groups excluding carboxylic acids is 2. The Hall–Kier alpha value is -1.74. The van der Waals surface area contributed by atoms with Crippen molar-refractivity contribution in [2.24, 2.45) is 0 Å². The molecule has 1 N–H and O–H groups in total. The number of esters is 1. The van der Waals surface area contributed by atoms with Crippen LogP contribution in [0.25, 0.3) is 0 Å². The third-order valence-corrected chi connectivity index (χ3v) is 8.98. The third kappa shape index (κ3) is 56.4. The fraction of sp³-hybridized carbons (Fsp3) is 0.957. The monoisotopic (exact) mass is 928 g/mol. The Labute approximate surface area is 387 Å². The number of nitrogens with one attached hydrogen (secondary N) is 1. The van der Waals surface area contributed by atoms with Crippen LogP contribution in [0.2, 0.25) is 0 Å². The molecule has 0 aliphatic rings. The fourth-order valence-corrected chi connectivity index (χ4v) is 5.63. The van der Waals surface area contributed by atoms with Crippen molar-refractivity contribution >= 4 is 12.1 Å². The molecule has 0 saturated carbocycles. The van der Waals surface area contributed by atoms with Gasteiger partial charge in [0.25, 0.3) is 0 Å². The molecule has 382 valence electrons. The topological polar surface area (TPSA) is 175 Å². The van der Waals surface area contributed by atoms with E-state index in [1.54, 1.807) is 0 Å². The number of carbonyl (C=O) groups is 2. The standard InChI is InChI=1S/C47H93NO16/c1-5-6-7-8-9-10-11-12-13-14-15-16-17-18-45(49)63-44-43-62-42-41-61-40-39-60-38-37-59-36-35-58-34-33-57-32-31-56-30-29-55-28-27-54-26-25-53-24-23-52-22-21-51-20-19-48-46(50)64-47(2,3)4/h5-44H2,1-4H3,(H,48,50). The molecule has 0 rings (SSSR count). The van der Waals surface area contributed by atoms with Crippen LogP contribution in [0.15, 0.2) is 0 Å². The second kappa shape index (κ2) is 52.2. The molecule has 0 bridgehead atoms. The number of ether oxygens (including phenoxy) is 14. The Morgan fingerprint density at radius 1 is 0.344 bits per heavy atom. The zero-order valence-electron chi connectivity index (χ0n) is 40.8. The molecule has 0 aliphatic carbocycles. The highest BCUT2D eigenvalue weighted by atomic mass is 16.6. The van der Waals surface area contributed by atoms with Gasteiger partial charge in [0.1, 0.15) is 12.2 Å². The van der Waals surface area contributed by atoms with E-state index in [-0.39, 0.29) is 12.6 Å². The van der Waals surface area contributed by atoms with Gasteiger partial charge in [0.2, 0.25) is 0 Å². The maximum absolute atomic E-state index is 11.9. The van der Waals surface area contributed by atoms with Crippen LogP contribution in [0, 0.1) is 0 Å². The summed E-state index contributed by atoms with van der Waals surface area (Å²) in [7, 11) is 0. The first kappa shape index (κ1) is 62.3. The van der Waals surface area contributed by atoms with Gasteiger partial charge in [-0.25, -0.2) is 4.79 Å². The summed E-state index contributed by atoms with van der Waals surface area (Å²) in [5.74, 6) is -0.136. The number of rotatable bonds is 53. The van der Waals surface area contributed by atoms with Crippen molar-refractivity contribution in [1.82, 2.24) is 5.32 Å². The summed E-state index contributed by atoms with van der Waals surface area (Å²) in [5, 5.41) is 2.63. The largest absolute Gasteiger partial charge is 0.463 e. The van der Waals surface area contributed by atoms with Crippen LogP contribution in [0.3, 0.4) is 0 Å². The van der Waals surface area contributed by atoms with Crippen LogP contribution in [0.5, 0.6) is 0 Å². The molecule has 64 heavy (non-hydrogen) atoms. The van der Waals surface area contributed by atoms with Crippen LogP contribution in [-0.4, -0.2) is 189 Å². The van der Waals surface area contributed by atoms with E-state index in [4.69, 9.17) is 66.3 Å². The third-order valence-electron chi connectivity index (χ3n) is 8.98. The molecule has 0 unspecified atom stereocenters. The Morgan fingerprint density at radius 3 is 0.875 bits per heavy atom. The van der Waals surface area contributed by atoms with Crippen molar-refractivity contribution in [1.29, 1.82) is 0 Å². The Balaban J connectivity index is 3.14. The zero-order valence-corrected chi connectivity index (χ0v) is 40.8. The maximum atomic E-state index is 11.9. The predicted octanol–water partition coefficient (Wildman–Crippen LogP) is 6.73. The van der Waals surface area contributed by atoms with Gasteiger partial charge in [0.15, 0.2) is 0 Å². The van der Waals surface area contributed by atoms with Gasteiger partial charge in [-0.05, 0) is 27.2 Å². The molecule has 0 aromatic heterocycles. The van der Waals surface area contributed by atoms with E-state index in [0.717, 1.165) is 12.8 Å². The lowest BCUT2D eigenvalue weighted by Crippen LogP contribution is -2.34. The van der Waals surface area contributed by atoms with Crippen molar-refractivity contribution in [2.45, 2.75) is 123 Å².